The van der Waals surface area contributed by atoms with Crippen LogP contribution in [0.4, 0.5) is 5.69 Å². The maximum atomic E-state index is 12.3. The third kappa shape index (κ3) is 5.55. The fraction of sp³-hybridized carbons (Fsp3) is 0.174. The monoisotopic (exact) mass is 422 g/mol. The largest absolute Gasteiger partial charge is 0.487 e. The van der Waals surface area contributed by atoms with E-state index in [0.717, 1.165) is 22.0 Å². The fourth-order valence-electron chi connectivity index (χ4n) is 2.76. The van der Waals surface area contributed by atoms with Crippen molar-refractivity contribution in [3.8, 4) is 5.75 Å². The highest BCUT2D eigenvalue weighted by Gasteiger charge is 2.12. The van der Waals surface area contributed by atoms with Crippen LogP contribution in [-0.2, 0) is 16.1 Å². The van der Waals surface area contributed by atoms with E-state index in [2.05, 4.69) is 10.3 Å². The standard InChI is InChI=1S/C23H22N2O4S/c1-15-20(23(27)28-3)5-4-6-21(15)25-22(26)12-9-17-7-10-19(11-8-17)29-13-18-14-30-16(2)24-18/h4-12,14H,13H2,1-3H3,(H,25,26). The Labute approximate surface area is 179 Å². The van der Waals surface area contributed by atoms with Crippen molar-refractivity contribution in [2.24, 2.45) is 0 Å². The van der Waals surface area contributed by atoms with Gasteiger partial charge in [-0.1, -0.05) is 18.2 Å². The molecule has 0 bridgehead atoms. The number of thiazole rings is 1. The van der Waals surface area contributed by atoms with Crippen LogP contribution >= 0.6 is 11.3 Å². The number of aromatic nitrogens is 1. The first-order chi connectivity index (χ1) is 14.5. The van der Waals surface area contributed by atoms with Crippen molar-refractivity contribution in [1.29, 1.82) is 0 Å². The first-order valence-corrected chi connectivity index (χ1v) is 10.1. The molecule has 2 aromatic carbocycles. The van der Waals surface area contributed by atoms with Crippen molar-refractivity contribution in [2.75, 3.05) is 12.4 Å². The van der Waals surface area contributed by atoms with E-state index < -0.39 is 5.97 Å². The molecule has 0 unspecified atom stereocenters. The van der Waals surface area contributed by atoms with Gasteiger partial charge in [-0.3, -0.25) is 4.79 Å². The van der Waals surface area contributed by atoms with Crippen LogP contribution in [0.3, 0.4) is 0 Å². The molecule has 0 aliphatic carbocycles. The molecule has 0 aliphatic heterocycles. The normalized spacial score (nSPS) is 10.8. The Kier molecular flexibility index (Phi) is 6.98. The Morgan fingerprint density at radius 2 is 1.90 bits per heavy atom. The van der Waals surface area contributed by atoms with Gasteiger partial charge >= 0.3 is 5.97 Å². The van der Waals surface area contributed by atoms with Crippen LogP contribution in [0.2, 0.25) is 0 Å². The first-order valence-electron chi connectivity index (χ1n) is 9.27. The Morgan fingerprint density at radius 1 is 1.13 bits per heavy atom. The minimum absolute atomic E-state index is 0.292. The zero-order valence-corrected chi connectivity index (χ0v) is 17.8. The molecule has 7 heteroatoms. The van der Waals surface area contributed by atoms with Crippen LogP contribution < -0.4 is 10.1 Å². The fourth-order valence-corrected chi connectivity index (χ4v) is 3.35. The quantitative estimate of drug-likeness (QED) is 0.438. The van der Waals surface area contributed by atoms with E-state index in [0.29, 0.717) is 23.4 Å². The molecule has 0 radical (unpaired) electrons. The lowest BCUT2D eigenvalue weighted by Gasteiger charge is -2.10. The number of hydrogen-bond donors (Lipinski definition) is 1. The number of carbonyl (C=O) groups excluding carboxylic acids is 2. The van der Waals surface area contributed by atoms with Gasteiger partial charge < -0.3 is 14.8 Å². The molecule has 1 aromatic heterocycles. The number of amides is 1. The van der Waals surface area contributed by atoms with Crippen molar-refractivity contribution in [3.05, 3.63) is 81.3 Å². The lowest BCUT2D eigenvalue weighted by Crippen LogP contribution is -2.11. The molecule has 0 atom stereocenters. The van der Waals surface area contributed by atoms with Gasteiger partial charge in [-0.05, 0) is 55.3 Å². The van der Waals surface area contributed by atoms with Crippen LogP contribution in [0.25, 0.3) is 6.08 Å². The number of ether oxygens (including phenoxy) is 2. The zero-order chi connectivity index (χ0) is 21.5. The number of benzene rings is 2. The molecular formula is C23H22N2O4S. The lowest BCUT2D eigenvalue weighted by molar-refractivity contribution is -0.111. The maximum Gasteiger partial charge on any atom is 0.338 e. The predicted octanol–water partition coefficient (Wildman–Crippen LogP) is 4.78. The summed E-state index contributed by atoms with van der Waals surface area (Å²) in [7, 11) is 1.33. The highest BCUT2D eigenvalue weighted by Crippen LogP contribution is 2.20. The van der Waals surface area contributed by atoms with E-state index in [1.807, 2.05) is 36.6 Å². The van der Waals surface area contributed by atoms with Crippen LogP contribution in [0.15, 0.2) is 53.9 Å². The second kappa shape index (κ2) is 9.84. The van der Waals surface area contributed by atoms with Gasteiger partial charge in [0.2, 0.25) is 5.91 Å². The molecule has 3 rings (SSSR count). The Balaban J connectivity index is 1.58. The molecule has 0 saturated heterocycles. The van der Waals surface area contributed by atoms with Crippen molar-refractivity contribution >= 4 is 35.0 Å². The second-order valence-corrected chi connectivity index (χ2v) is 7.57. The molecule has 154 valence electrons. The second-order valence-electron chi connectivity index (χ2n) is 6.51. The number of methoxy groups -OCH3 is 1. The number of aryl methyl sites for hydroxylation is 1. The lowest BCUT2D eigenvalue weighted by atomic mass is 10.1. The topological polar surface area (TPSA) is 77.5 Å². The third-order valence-electron chi connectivity index (χ3n) is 4.36. The van der Waals surface area contributed by atoms with Gasteiger partial charge in [-0.25, -0.2) is 9.78 Å². The van der Waals surface area contributed by atoms with E-state index in [1.54, 1.807) is 42.5 Å². The van der Waals surface area contributed by atoms with Crippen molar-refractivity contribution in [2.45, 2.75) is 20.5 Å². The van der Waals surface area contributed by atoms with Crippen LogP contribution in [0.1, 0.15) is 32.2 Å². The van der Waals surface area contributed by atoms with Gasteiger partial charge in [-0.2, -0.15) is 0 Å². The Morgan fingerprint density at radius 3 is 2.57 bits per heavy atom. The molecule has 3 aromatic rings. The number of nitrogens with one attached hydrogen (secondary N) is 1. The summed E-state index contributed by atoms with van der Waals surface area (Å²) in [4.78, 5) is 28.4. The van der Waals surface area contributed by atoms with Gasteiger partial charge in [0, 0.05) is 17.1 Å². The van der Waals surface area contributed by atoms with Gasteiger partial charge in [0.1, 0.15) is 12.4 Å². The smallest absolute Gasteiger partial charge is 0.338 e. The summed E-state index contributed by atoms with van der Waals surface area (Å²) in [6, 6.07) is 12.5. The summed E-state index contributed by atoms with van der Waals surface area (Å²) in [6.45, 7) is 4.14. The number of anilines is 1. The maximum absolute atomic E-state index is 12.3. The van der Waals surface area contributed by atoms with Gasteiger partial charge in [0.15, 0.2) is 0 Å². The van der Waals surface area contributed by atoms with Crippen LogP contribution in [0.5, 0.6) is 5.75 Å². The zero-order valence-electron chi connectivity index (χ0n) is 17.0. The van der Waals surface area contributed by atoms with E-state index in [-0.39, 0.29) is 5.91 Å². The Bertz CT molecular complexity index is 1070. The summed E-state index contributed by atoms with van der Waals surface area (Å²) < 4.78 is 10.5. The van der Waals surface area contributed by atoms with Gasteiger partial charge in [0.25, 0.3) is 0 Å². The van der Waals surface area contributed by atoms with Crippen molar-refractivity contribution in [1.82, 2.24) is 4.98 Å². The average molecular weight is 423 g/mol. The minimum atomic E-state index is -0.439. The highest BCUT2D eigenvalue weighted by atomic mass is 32.1. The van der Waals surface area contributed by atoms with E-state index >= 15 is 0 Å². The number of rotatable bonds is 7. The van der Waals surface area contributed by atoms with Gasteiger partial charge in [-0.15, -0.1) is 11.3 Å². The van der Waals surface area contributed by atoms with Crippen molar-refractivity contribution < 1.29 is 19.1 Å². The predicted molar refractivity (Wildman–Crippen MR) is 118 cm³/mol. The third-order valence-corrected chi connectivity index (χ3v) is 5.18. The summed E-state index contributed by atoms with van der Waals surface area (Å²) in [5.41, 5.74) is 3.41. The molecule has 1 amide bonds. The summed E-state index contributed by atoms with van der Waals surface area (Å²) >= 11 is 1.59. The number of carbonyl (C=O) groups is 2. The molecule has 6 nitrogen and oxygen atoms in total. The molecule has 1 heterocycles. The van der Waals surface area contributed by atoms with E-state index in [9.17, 15) is 9.59 Å². The van der Waals surface area contributed by atoms with E-state index in [4.69, 9.17) is 9.47 Å². The van der Waals surface area contributed by atoms with Crippen molar-refractivity contribution in [3.63, 3.8) is 0 Å². The number of nitrogens with zero attached hydrogens (tertiary/aromatic N) is 1. The summed E-state index contributed by atoms with van der Waals surface area (Å²) in [5.74, 6) is 0.00297. The van der Waals surface area contributed by atoms with Gasteiger partial charge in [0.05, 0.1) is 23.4 Å². The summed E-state index contributed by atoms with van der Waals surface area (Å²) in [5, 5.41) is 5.78. The van der Waals surface area contributed by atoms with E-state index in [1.165, 1.54) is 13.2 Å². The molecule has 0 fully saturated rings. The average Bonchev–Trinajstić information content (AvgIpc) is 3.17. The number of hydrogen-bond acceptors (Lipinski definition) is 6. The van der Waals surface area contributed by atoms with Crippen LogP contribution in [-0.4, -0.2) is 24.0 Å². The minimum Gasteiger partial charge on any atom is -0.487 e. The molecule has 30 heavy (non-hydrogen) atoms. The molecule has 1 N–H and O–H groups in total. The summed E-state index contributed by atoms with van der Waals surface area (Å²) in [6.07, 6.45) is 3.15. The van der Waals surface area contributed by atoms with Crippen LogP contribution in [0, 0.1) is 13.8 Å². The number of esters is 1. The highest BCUT2D eigenvalue weighted by molar-refractivity contribution is 7.09. The molecule has 0 aliphatic rings. The SMILES string of the molecule is COC(=O)c1cccc(NC(=O)C=Cc2ccc(OCc3csc(C)n3)cc2)c1C. The Hall–Kier alpha value is -3.45. The molecule has 0 saturated carbocycles. The molecular weight excluding hydrogens is 400 g/mol. The first kappa shape index (κ1) is 21.3. The molecule has 0 spiro atoms.